The van der Waals surface area contributed by atoms with E-state index in [-0.39, 0.29) is 31.0 Å². The van der Waals surface area contributed by atoms with Gasteiger partial charge in [-0.3, -0.25) is 9.69 Å². The van der Waals surface area contributed by atoms with Crippen molar-refractivity contribution in [3.63, 3.8) is 0 Å². The quantitative estimate of drug-likeness (QED) is 0.548. The molecule has 0 radical (unpaired) electrons. The number of aliphatic carboxylic acids is 1. The number of nitrogens with one attached hydrogen (secondary N) is 2. The van der Waals surface area contributed by atoms with E-state index in [1.54, 1.807) is 6.92 Å². The third-order valence-electron chi connectivity index (χ3n) is 3.64. The van der Waals surface area contributed by atoms with Crippen LogP contribution in [-0.2, 0) is 19.4 Å². The molecular formula is C11H17N3O6S. The summed E-state index contributed by atoms with van der Waals surface area (Å²) in [5.41, 5.74) is -0.938. The lowest BCUT2D eigenvalue weighted by atomic mass is 10.0. The Hall–Kier alpha value is -1.84. The summed E-state index contributed by atoms with van der Waals surface area (Å²) in [7, 11) is -3.20. The molecule has 0 aromatic heterocycles. The Balaban J connectivity index is 2.11. The first-order valence-electron chi connectivity index (χ1n) is 6.41. The zero-order valence-electron chi connectivity index (χ0n) is 11.5. The summed E-state index contributed by atoms with van der Waals surface area (Å²) in [6.07, 6.45) is 0.263. The molecule has 0 saturated carbocycles. The number of carbonyl (C=O) groups excluding carboxylic acids is 2. The van der Waals surface area contributed by atoms with Gasteiger partial charge in [-0.1, -0.05) is 0 Å². The summed E-state index contributed by atoms with van der Waals surface area (Å²) in [6.45, 7) is 1.05. The van der Waals surface area contributed by atoms with E-state index in [1.807, 2.05) is 0 Å². The van der Waals surface area contributed by atoms with E-state index in [4.69, 9.17) is 5.11 Å². The number of piperazine rings is 1. The lowest BCUT2D eigenvalue weighted by molar-refractivity contribution is -0.144. The van der Waals surface area contributed by atoms with Crippen molar-refractivity contribution in [2.24, 2.45) is 0 Å². The minimum absolute atomic E-state index is 0.0212. The van der Waals surface area contributed by atoms with Gasteiger partial charge in [0.15, 0.2) is 9.84 Å². The Morgan fingerprint density at radius 3 is 2.67 bits per heavy atom. The predicted molar refractivity (Wildman–Crippen MR) is 71.3 cm³/mol. The summed E-state index contributed by atoms with van der Waals surface area (Å²) in [5, 5.41) is 14.0. The molecule has 3 amide bonds. The minimum atomic E-state index is -3.20. The van der Waals surface area contributed by atoms with E-state index in [1.165, 1.54) is 0 Å². The lowest BCUT2D eigenvalue weighted by Gasteiger charge is -2.35. The first kappa shape index (κ1) is 15.5. The molecule has 3 N–H and O–H groups in total. The molecule has 21 heavy (non-hydrogen) atoms. The molecule has 2 heterocycles. The molecule has 2 fully saturated rings. The first-order chi connectivity index (χ1) is 9.62. The van der Waals surface area contributed by atoms with Gasteiger partial charge in [0.2, 0.25) is 5.91 Å². The Morgan fingerprint density at radius 2 is 2.14 bits per heavy atom. The molecule has 2 rings (SSSR count). The van der Waals surface area contributed by atoms with Crippen LogP contribution in [0.15, 0.2) is 0 Å². The Morgan fingerprint density at radius 1 is 1.48 bits per heavy atom. The number of nitrogens with zero attached hydrogens (tertiary/aromatic N) is 1. The summed E-state index contributed by atoms with van der Waals surface area (Å²) >= 11 is 0. The first-order valence-corrected chi connectivity index (χ1v) is 8.23. The second-order valence-electron chi connectivity index (χ2n) is 5.62. The Labute approximate surface area is 121 Å². The van der Waals surface area contributed by atoms with Crippen molar-refractivity contribution in [1.29, 1.82) is 0 Å². The third kappa shape index (κ3) is 3.43. The molecule has 2 atom stereocenters. The zero-order chi connectivity index (χ0) is 15.8. The largest absolute Gasteiger partial charge is 0.480 e. The van der Waals surface area contributed by atoms with Gasteiger partial charge in [-0.25, -0.2) is 18.0 Å². The van der Waals surface area contributed by atoms with Gasteiger partial charge in [-0.05, 0) is 13.3 Å². The maximum atomic E-state index is 12.2. The molecule has 0 bridgehead atoms. The fourth-order valence-electron chi connectivity index (χ4n) is 2.51. The topological polar surface area (TPSA) is 133 Å². The van der Waals surface area contributed by atoms with Gasteiger partial charge in [0, 0.05) is 6.54 Å². The second kappa shape index (κ2) is 5.17. The van der Waals surface area contributed by atoms with E-state index in [0.29, 0.717) is 0 Å². The van der Waals surface area contributed by atoms with E-state index in [0.717, 1.165) is 4.90 Å². The number of sulfone groups is 1. The van der Waals surface area contributed by atoms with Crippen molar-refractivity contribution in [1.82, 2.24) is 15.5 Å². The van der Waals surface area contributed by atoms with Crippen LogP contribution in [0.2, 0.25) is 0 Å². The van der Waals surface area contributed by atoms with Gasteiger partial charge < -0.3 is 15.7 Å². The highest BCUT2D eigenvalue weighted by Crippen LogP contribution is 2.23. The van der Waals surface area contributed by atoms with Crippen LogP contribution in [0.4, 0.5) is 4.79 Å². The van der Waals surface area contributed by atoms with E-state index in [9.17, 15) is 22.8 Å². The van der Waals surface area contributed by atoms with Crippen molar-refractivity contribution < 1.29 is 27.9 Å². The van der Waals surface area contributed by atoms with Crippen molar-refractivity contribution in [3.05, 3.63) is 0 Å². The van der Waals surface area contributed by atoms with Crippen LogP contribution < -0.4 is 10.6 Å². The molecule has 0 aliphatic carbocycles. The average molecular weight is 319 g/mol. The standard InChI is InChI=1S/C11H17N3O6S/c1-11(2-3-21(19,20)6-11)13-10(18)14-5-8(15)12-4-7(14)9(16)17/h7H,2-6H2,1H3,(H,12,15)(H,13,18)(H,16,17). The zero-order valence-corrected chi connectivity index (χ0v) is 12.3. The number of hydrogen-bond acceptors (Lipinski definition) is 5. The van der Waals surface area contributed by atoms with Crippen molar-refractivity contribution in [3.8, 4) is 0 Å². The molecule has 2 saturated heterocycles. The molecule has 118 valence electrons. The molecule has 2 aliphatic rings. The number of carbonyl (C=O) groups is 3. The maximum absolute atomic E-state index is 12.2. The predicted octanol–water partition coefficient (Wildman–Crippen LogP) is -1.84. The van der Waals surface area contributed by atoms with E-state index >= 15 is 0 Å². The van der Waals surface area contributed by atoms with Gasteiger partial charge in [0.25, 0.3) is 0 Å². The van der Waals surface area contributed by atoms with Gasteiger partial charge in [0.1, 0.15) is 12.6 Å². The van der Waals surface area contributed by atoms with Gasteiger partial charge in [-0.2, -0.15) is 0 Å². The SMILES string of the molecule is CC1(NC(=O)N2CC(=O)NCC2C(=O)O)CCS(=O)(=O)C1. The minimum Gasteiger partial charge on any atom is -0.480 e. The Bertz CT molecular complexity index is 589. The van der Waals surface area contributed by atoms with Gasteiger partial charge >= 0.3 is 12.0 Å². The van der Waals surface area contributed by atoms with Gasteiger partial charge in [0.05, 0.1) is 17.0 Å². The summed E-state index contributed by atoms with van der Waals surface area (Å²) in [4.78, 5) is 35.6. The highest BCUT2D eigenvalue weighted by atomic mass is 32.2. The van der Waals surface area contributed by atoms with Crippen LogP contribution >= 0.6 is 0 Å². The summed E-state index contributed by atoms with van der Waals surface area (Å²) in [6, 6.07) is -1.90. The smallest absolute Gasteiger partial charge is 0.328 e. The van der Waals surface area contributed by atoms with Gasteiger partial charge in [-0.15, -0.1) is 0 Å². The lowest BCUT2D eigenvalue weighted by Crippen LogP contribution is -2.63. The number of carboxylic acids is 1. The van der Waals surface area contributed by atoms with E-state index in [2.05, 4.69) is 10.6 Å². The molecule has 2 unspecified atom stereocenters. The van der Waals surface area contributed by atoms with Crippen molar-refractivity contribution in [2.45, 2.75) is 24.9 Å². The monoisotopic (exact) mass is 319 g/mol. The number of amides is 3. The van der Waals surface area contributed by atoms with E-state index < -0.39 is 39.3 Å². The highest BCUT2D eigenvalue weighted by molar-refractivity contribution is 7.91. The molecule has 10 heteroatoms. The van der Waals surface area contributed by atoms with Crippen LogP contribution in [0.5, 0.6) is 0 Å². The van der Waals surface area contributed by atoms with Crippen LogP contribution in [0.25, 0.3) is 0 Å². The average Bonchev–Trinajstić information content (AvgIpc) is 2.62. The van der Waals surface area contributed by atoms with Crippen LogP contribution in [0.3, 0.4) is 0 Å². The summed E-state index contributed by atoms with van der Waals surface area (Å²) in [5.74, 6) is -1.89. The van der Waals surface area contributed by atoms with Crippen LogP contribution in [0.1, 0.15) is 13.3 Å². The fourth-order valence-corrected chi connectivity index (χ4v) is 4.61. The number of rotatable bonds is 2. The molecule has 0 aromatic carbocycles. The molecule has 2 aliphatic heterocycles. The van der Waals surface area contributed by atoms with Crippen LogP contribution in [0, 0.1) is 0 Å². The number of hydrogen-bond donors (Lipinski definition) is 3. The highest BCUT2D eigenvalue weighted by Gasteiger charge is 2.42. The number of urea groups is 1. The fraction of sp³-hybridized carbons (Fsp3) is 0.727. The number of carboxylic acid groups (broad SMARTS) is 1. The molecular weight excluding hydrogens is 302 g/mol. The third-order valence-corrected chi connectivity index (χ3v) is 5.54. The molecule has 0 aromatic rings. The molecule has 9 nitrogen and oxygen atoms in total. The molecule has 0 spiro atoms. The second-order valence-corrected chi connectivity index (χ2v) is 7.80. The van der Waals surface area contributed by atoms with Crippen molar-refractivity contribution in [2.75, 3.05) is 24.6 Å². The maximum Gasteiger partial charge on any atom is 0.328 e. The van der Waals surface area contributed by atoms with Crippen molar-refractivity contribution >= 4 is 27.7 Å². The Kier molecular flexibility index (Phi) is 3.83. The van der Waals surface area contributed by atoms with Crippen LogP contribution in [-0.4, -0.2) is 72.5 Å². The normalized spacial score (nSPS) is 31.6. The summed E-state index contributed by atoms with van der Waals surface area (Å²) < 4.78 is 23.0.